The second kappa shape index (κ2) is 7.50. The molecule has 0 aliphatic rings. The van der Waals surface area contributed by atoms with Crippen LogP contribution in [-0.2, 0) is 0 Å². The highest BCUT2D eigenvalue weighted by Gasteiger charge is 2.12. The summed E-state index contributed by atoms with van der Waals surface area (Å²) in [6.07, 6.45) is 1.64. The van der Waals surface area contributed by atoms with E-state index in [4.69, 9.17) is 33.3 Å². The van der Waals surface area contributed by atoms with Gasteiger partial charge in [0.2, 0.25) is 4.77 Å². The molecule has 128 valence electrons. The van der Waals surface area contributed by atoms with Gasteiger partial charge in [-0.25, -0.2) is 5.10 Å². The van der Waals surface area contributed by atoms with Crippen molar-refractivity contribution in [3.63, 3.8) is 0 Å². The lowest BCUT2D eigenvalue weighted by Gasteiger charge is -2.09. The van der Waals surface area contributed by atoms with Crippen LogP contribution in [0.4, 0.5) is 0 Å². The van der Waals surface area contributed by atoms with Crippen molar-refractivity contribution in [2.24, 2.45) is 5.10 Å². The fourth-order valence-electron chi connectivity index (χ4n) is 2.26. The van der Waals surface area contributed by atoms with Crippen molar-refractivity contribution in [3.8, 4) is 22.9 Å². The zero-order valence-electron chi connectivity index (χ0n) is 13.6. The Balaban J connectivity index is 2.03. The highest BCUT2D eigenvalue weighted by molar-refractivity contribution is 7.71. The van der Waals surface area contributed by atoms with Crippen LogP contribution in [0.25, 0.3) is 11.4 Å². The van der Waals surface area contributed by atoms with Crippen LogP contribution in [0, 0.1) is 4.77 Å². The van der Waals surface area contributed by atoms with Gasteiger partial charge in [-0.1, -0.05) is 29.8 Å². The zero-order chi connectivity index (χ0) is 17.8. The van der Waals surface area contributed by atoms with Gasteiger partial charge in [-0.2, -0.15) is 14.9 Å². The molecule has 1 heterocycles. The first-order valence-corrected chi connectivity index (χ1v) is 8.11. The number of rotatable bonds is 5. The summed E-state index contributed by atoms with van der Waals surface area (Å²) < 4.78 is 12.5. The molecule has 3 rings (SSSR count). The van der Waals surface area contributed by atoms with E-state index in [0.717, 1.165) is 11.1 Å². The van der Waals surface area contributed by atoms with Crippen molar-refractivity contribution in [3.05, 3.63) is 57.8 Å². The van der Waals surface area contributed by atoms with Crippen molar-refractivity contribution in [2.75, 3.05) is 14.2 Å². The maximum atomic E-state index is 6.15. The average molecular weight is 375 g/mol. The average Bonchev–Trinajstić information content (AvgIpc) is 3.01. The molecule has 25 heavy (non-hydrogen) atoms. The number of H-pyrrole nitrogens is 1. The second-order valence-corrected chi connectivity index (χ2v) is 5.79. The summed E-state index contributed by atoms with van der Waals surface area (Å²) in [5.41, 5.74) is 1.56. The first-order valence-electron chi connectivity index (χ1n) is 7.32. The second-order valence-electron chi connectivity index (χ2n) is 5.00. The quantitative estimate of drug-likeness (QED) is 0.538. The Morgan fingerprint density at radius 1 is 1.16 bits per heavy atom. The molecule has 0 bridgehead atoms. The smallest absolute Gasteiger partial charge is 0.216 e. The molecular weight excluding hydrogens is 360 g/mol. The van der Waals surface area contributed by atoms with Crippen molar-refractivity contribution >= 4 is 30.0 Å². The maximum absolute atomic E-state index is 6.15. The number of nitrogens with one attached hydrogen (secondary N) is 1. The number of nitrogens with zero attached hydrogens (tertiary/aromatic N) is 3. The molecule has 0 amide bonds. The van der Waals surface area contributed by atoms with E-state index in [1.165, 1.54) is 4.68 Å². The molecule has 0 saturated heterocycles. The molecule has 0 fully saturated rings. The Bertz CT molecular complexity index is 981. The van der Waals surface area contributed by atoms with Gasteiger partial charge < -0.3 is 9.47 Å². The third kappa shape index (κ3) is 3.57. The lowest BCUT2D eigenvalue weighted by Crippen LogP contribution is -1.97. The molecule has 1 N–H and O–H groups in total. The van der Waals surface area contributed by atoms with Gasteiger partial charge in [0.15, 0.2) is 17.3 Å². The first-order chi connectivity index (χ1) is 12.1. The Hall–Kier alpha value is -2.64. The number of hydrogen-bond donors (Lipinski definition) is 1. The Kier molecular flexibility index (Phi) is 5.16. The lowest BCUT2D eigenvalue weighted by atomic mass is 10.2. The van der Waals surface area contributed by atoms with Crippen LogP contribution in [0.3, 0.4) is 0 Å². The van der Waals surface area contributed by atoms with Gasteiger partial charge in [0, 0.05) is 16.1 Å². The van der Waals surface area contributed by atoms with E-state index in [0.29, 0.717) is 27.1 Å². The van der Waals surface area contributed by atoms with Crippen molar-refractivity contribution < 1.29 is 9.47 Å². The largest absolute Gasteiger partial charge is 0.493 e. The summed E-state index contributed by atoms with van der Waals surface area (Å²) in [6.45, 7) is 0. The number of aromatic amines is 1. The van der Waals surface area contributed by atoms with Crippen LogP contribution in [0.1, 0.15) is 5.56 Å². The summed E-state index contributed by atoms with van der Waals surface area (Å²) in [5.74, 6) is 1.77. The minimum absolute atomic E-state index is 0.369. The third-order valence-electron chi connectivity index (χ3n) is 3.51. The van der Waals surface area contributed by atoms with Crippen molar-refractivity contribution in [1.82, 2.24) is 14.9 Å². The molecule has 8 heteroatoms. The van der Waals surface area contributed by atoms with Crippen LogP contribution in [0.15, 0.2) is 47.6 Å². The van der Waals surface area contributed by atoms with Gasteiger partial charge in [0.05, 0.1) is 20.4 Å². The van der Waals surface area contributed by atoms with Crippen LogP contribution < -0.4 is 9.47 Å². The summed E-state index contributed by atoms with van der Waals surface area (Å²) in [4.78, 5) is 0. The molecular formula is C17H15ClN4O2S. The molecule has 0 aliphatic carbocycles. The zero-order valence-corrected chi connectivity index (χ0v) is 15.1. The van der Waals surface area contributed by atoms with Gasteiger partial charge in [-0.05, 0) is 36.5 Å². The molecule has 6 nitrogen and oxygen atoms in total. The molecule has 0 saturated carbocycles. The van der Waals surface area contributed by atoms with E-state index >= 15 is 0 Å². The minimum Gasteiger partial charge on any atom is -0.493 e. The summed E-state index contributed by atoms with van der Waals surface area (Å²) >= 11 is 11.4. The number of ether oxygens (including phenoxy) is 2. The van der Waals surface area contributed by atoms with Gasteiger partial charge in [-0.3, -0.25) is 0 Å². The number of hydrogen-bond acceptors (Lipinski definition) is 5. The first kappa shape index (κ1) is 17.2. The van der Waals surface area contributed by atoms with E-state index in [9.17, 15) is 0 Å². The summed E-state index contributed by atoms with van der Waals surface area (Å²) in [5, 5.41) is 12.0. The normalized spacial score (nSPS) is 11.0. The van der Waals surface area contributed by atoms with E-state index in [2.05, 4.69) is 15.3 Å². The van der Waals surface area contributed by atoms with Crippen LogP contribution in [-0.4, -0.2) is 35.3 Å². The molecule has 0 radical (unpaired) electrons. The summed E-state index contributed by atoms with van der Waals surface area (Å²) in [6, 6.07) is 12.9. The fraction of sp³-hybridized carbons (Fsp3) is 0.118. The monoisotopic (exact) mass is 374 g/mol. The predicted molar refractivity (Wildman–Crippen MR) is 100 cm³/mol. The molecule has 0 atom stereocenters. The highest BCUT2D eigenvalue weighted by atomic mass is 35.5. The van der Waals surface area contributed by atoms with E-state index in [-0.39, 0.29) is 0 Å². The van der Waals surface area contributed by atoms with Crippen LogP contribution in [0.5, 0.6) is 11.5 Å². The molecule has 1 aromatic heterocycles. The molecule has 2 aromatic carbocycles. The number of halogens is 1. The summed E-state index contributed by atoms with van der Waals surface area (Å²) in [7, 11) is 3.16. The number of aromatic nitrogens is 3. The Morgan fingerprint density at radius 2 is 1.92 bits per heavy atom. The van der Waals surface area contributed by atoms with E-state index in [1.54, 1.807) is 32.6 Å². The van der Waals surface area contributed by atoms with E-state index in [1.807, 2.05) is 30.3 Å². The number of benzene rings is 2. The third-order valence-corrected chi connectivity index (χ3v) is 4.12. The standard InChI is InChI=1S/C17H15ClN4O2S/c1-23-14-8-7-11(9-15(14)24-2)16-20-21-17(25)22(16)19-10-12-5-3-4-6-13(12)18/h3-10H,1-2H3,(H,21,25)/b19-10+. The van der Waals surface area contributed by atoms with E-state index < -0.39 is 0 Å². The predicted octanol–water partition coefficient (Wildman–Crippen LogP) is 4.16. The van der Waals surface area contributed by atoms with Crippen LogP contribution in [0.2, 0.25) is 5.02 Å². The fourth-order valence-corrected chi connectivity index (χ4v) is 2.62. The van der Waals surface area contributed by atoms with Gasteiger partial charge in [0.1, 0.15) is 0 Å². The topological polar surface area (TPSA) is 64.4 Å². The highest BCUT2D eigenvalue weighted by Crippen LogP contribution is 2.31. The number of methoxy groups -OCH3 is 2. The Morgan fingerprint density at radius 3 is 2.64 bits per heavy atom. The Labute approximate surface area is 154 Å². The molecule has 0 spiro atoms. The van der Waals surface area contributed by atoms with Gasteiger partial charge in [0.25, 0.3) is 0 Å². The lowest BCUT2D eigenvalue weighted by molar-refractivity contribution is 0.355. The minimum atomic E-state index is 0.369. The molecule has 0 unspecified atom stereocenters. The maximum Gasteiger partial charge on any atom is 0.216 e. The van der Waals surface area contributed by atoms with Gasteiger partial charge >= 0.3 is 0 Å². The van der Waals surface area contributed by atoms with Crippen molar-refractivity contribution in [2.45, 2.75) is 0 Å². The molecule has 0 aliphatic heterocycles. The van der Waals surface area contributed by atoms with Crippen molar-refractivity contribution in [1.29, 1.82) is 0 Å². The van der Waals surface area contributed by atoms with Crippen LogP contribution >= 0.6 is 23.8 Å². The SMILES string of the molecule is COc1ccc(-c2n[nH]c(=S)n2/N=C/c2ccccc2Cl)cc1OC. The molecule has 3 aromatic rings. The van der Waals surface area contributed by atoms with Gasteiger partial charge in [-0.15, -0.1) is 0 Å².